The summed E-state index contributed by atoms with van der Waals surface area (Å²) in [6.07, 6.45) is -0.0758. The Morgan fingerprint density at radius 1 is 1.18 bits per heavy atom. The first-order valence-electron chi connectivity index (χ1n) is 13.0. The molecule has 38 heavy (non-hydrogen) atoms. The zero-order valence-electron chi connectivity index (χ0n) is 22.2. The van der Waals surface area contributed by atoms with E-state index in [9.17, 15) is 9.90 Å². The van der Waals surface area contributed by atoms with E-state index in [0.717, 1.165) is 58.7 Å². The topological polar surface area (TPSA) is 80.5 Å². The van der Waals surface area contributed by atoms with E-state index < -0.39 is 11.9 Å². The van der Waals surface area contributed by atoms with Crippen molar-refractivity contribution >= 4 is 28.6 Å². The molecule has 0 amide bonds. The van der Waals surface area contributed by atoms with Gasteiger partial charge >= 0.3 is 5.97 Å². The van der Waals surface area contributed by atoms with E-state index >= 15 is 0 Å². The van der Waals surface area contributed by atoms with Gasteiger partial charge < -0.3 is 9.84 Å². The molecule has 3 aromatic carbocycles. The number of aliphatic carboxylic acids is 1. The number of carbonyl (C=O) groups is 1. The predicted molar refractivity (Wildman–Crippen MR) is 149 cm³/mol. The summed E-state index contributed by atoms with van der Waals surface area (Å²) in [5.41, 5.74) is 6.23. The second kappa shape index (κ2) is 10.4. The molecular weight excluding hydrogens is 500 g/mol. The number of halogens is 1. The van der Waals surface area contributed by atoms with Crippen LogP contribution in [0.2, 0.25) is 5.02 Å². The first kappa shape index (κ1) is 26.2. The van der Waals surface area contributed by atoms with Crippen LogP contribution in [0, 0.1) is 6.92 Å². The quantitative estimate of drug-likeness (QED) is 0.305. The molecule has 0 saturated heterocycles. The molecule has 5 rings (SSSR count). The first-order valence-corrected chi connectivity index (χ1v) is 13.3. The summed E-state index contributed by atoms with van der Waals surface area (Å²) in [6.45, 7) is 11.3. The zero-order valence-corrected chi connectivity index (χ0v) is 23.0. The number of benzene rings is 3. The number of carboxylic acid groups (broad SMARTS) is 1. The lowest BCUT2D eigenvalue weighted by atomic mass is 9.86. The van der Waals surface area contributed by atoms with E-state index in [2.05, 4.69) is 54.2 Å². The molecule has 1 N–H and O–H groups in total. The number of hydrogen-bond donors (Lipinski definition) is 1. The summed E-state index contributed by atoms with van der Waals surface area (Å²) in [7, 11) is 0. The Morgan fingerprint density at radius 2 is 1.97 bits per heavy atom. The minimum absolute atomic E-state index is 0.0758. The van der Waals surface area contributed by atoms with Gasteiger partial charge in [0.25, 0.3) is 0 Å². The van der Waals surface area contributed by atoms with Crippen molar-refractivity contribution in [1.82, 2.24) is 19.9 Å². The van der Waals surface area contributed by atoms with Crippen LogP contribution in [0.3, 0.4) is 0 Å². The molecule has 8 heteroatoms. The Hall–Kier alpha value is -3.42. The lowest BCUT2D eigenvalue weighted by molar-refractivity contribution is -0.137. The molecule has 198 valence electrons. The van der Waals surface area contributed by atoms with Crippen molar-refractivity contribution in [2.45, 2.75) is 65.3 Å². The van der Waals surface area contributed by atoms with Crippen LogP contribution < -0.4 is 4.74 Å². The number of fused-ring (bicyclic) bond motifs is 2. The van der Waals surface area contributed by atoms with Crippen molar-refractivity contribution in [2.24, 2.45) is 0 Å². The normalized spacial score (nSPS) is 16.0. The van der Waals surface area contributed by atoms with E-state index in [-0.39, 0.29) is 12.0 Å². The van der Waals surface area contributed by atoms with Crippen molar-refractivity contribution in [3.05, 3.63) is 87.4 Å². The minimum atomic E-state index is -0.881. The molecule has 0 aliphatic carbocycles. The average molecular weight is 533 g/mol. The molecule has 4 aromatic rings. The van der Waals surface area contributed by atoms with Gasteiger partial charge in [-0.25, -0.2) is 4.68 Å². The number of para-hydroxylation sites is 1. The van der Waals surface area contributed by atoms with Crippen LogP contribution in [0.4, 0.5) is 0 Å². The van der Waals surface area contributed by atoms with Crippen LogP contribution >= 0.6 is 11.6 Å². The Labute approximate surface area is 228 Å². The summed E-state index contributed by atoms with van der Waals surface area (Å²) in [4.78, 5) is 14.4. The van der Waals surface area contributed by atoms with Gasteiger partial charge in [-0.05, 0) is 62.1 Å². The highest BCUT2D eigenvalue weighted by Crippen LogP contribution is 2.38. The molecule has 2 heterocycles. The molecule has 1 aromatic heterocycles. The smallest absolute Gasteiger partial charge is 0.304 e. The Bertz CT molecular complexity index is 1500. The number of rotatable bonds is 7. The molecule has 0 unspecified atom stereocenters. The van der Waals surface area contributed by atoms with Gasteiger partial charge in [-0.2, -0.15) is 0 Å². The van der Waals surface area contributed by atoms with Crippen LogP contribution in [0.5, 0.6) is 5.75 Å². The minimum Gasteiger partial charge on any atom is -0.486 e. The second-order valence-corrected chi connectivity index (χ2v) is 11.1. The highest BCUT2D eigenvalue weighted by Gasteiger charge is 2.30. The Morgan fingerprint density at radius 3 is 2.74 bits per heavy atom. The Balaban J connectivity index is 1.51. The molecule has 0 saturated carbocycles. The van der Waals surface area contributed by atoms with Crippen LogP contribution in [0.25, 0.3) is 11.0 Å². The van der Waals surface area contributed by atoms with Gasteiger partial charge in [0.15, 0.2) is 0 Å². The van der Waals surface area contributed by atoms with Crippen LogP contribution in [-0.4, -0.2) is 43.1 Å². The summed E-state index contributed by atoms with van der Waals surface area (Å²) in [6, 6.07) is 18.3. The van der Waals surface area contributed by atoms with Gasteiger partial charge in [-0.1, -0.05) is 59.3 Å². The van der Waals surface area contributed by atoms with Gasteiger partial charge in [0.2, 0.25) is 0 Å². The fourth-order valence-electron chi connectivity index (χ4n) is 5.44. The van der Waals surface area contributed by atoms with Crippen molar-refractivity contribution in [2.75, 3.05) is 6.54 Å². The maximum atomic E-state index is 12.0. The molecule has 1 aliphatic rings. The summed E-state index contributed by atoms with van der Waals surface area (Å²) >= 11 is 6.83. The fraction of sp³-hybridized carbons (Fsp3) is 0.367. The van der Waals surface area contributed by atoms with Crippen LogP contribution in [-0.2, 0) is 24.4 Å². The number of carboxylic acids is 1. The molecule has 1 atom stereocenters. The van der Waals surface area contributed by atoms with Crippen molar-refractivity contribution in [3.63, 3.8) is 0 Å². The largest absolute Gasteiger partial charge is 0.486 e. The third-order valence-corrected chi connectivity index (χ3v) is 7.63. The van der Waals surface area contributed by atoms with Crippen molar-refractivity contribution in [3.8, 4) is 5.75 Å². The lowest BCUT2D eigenvalue weighted by Crippen LogP contribution is -2.40. The van der Waals surface area contributed by atoms with Gasteiger partial charge in [0, 0.05) is 37.7 Å². The zero-order chi connectivity index (χ0) is 27.0. The van der Waals surface area contributed by atoms with E-state index in [0.29, 0.717) is 17.1 Å². The van der Waals surface area contributed by atoms with Gasteiger partial charge in [-0.15, -0.1) is 5.10 Å². The highest BCUT2D eigenvalue weighted by atomic mass is 35.5. The second-order valence-electron chi connectivity index (χ2n) is 10.7. The SMILES string of the molecule is CCn1nnc2c(Cl)c([C@@H](CC(=O)O)c3ccc(C)c(CN4Cc5ccccc5OC(C)(C)C4)c3)ccc21. The van der Waals surface area contributed by atoms with E-state index in [1.807, 2.05) is 43.3 Å². The third kappa shape index (κ3) is 5.26. The molecule has 1 aliphatic heterocycles. The Kier molecular flexibility index (Phi) is 7.16. The molecular formula is C30H33ClN4O3. The molecule has 0 radical (unpaired) electrons. The lowest BCUT2D eigenvalue weighted by Gasteiger charge is -2.30. The van der Waals surface area contributed by atoms with Gasteiger partial charge in [-0.3, -0.25) is 9.69 Å². The number of ether oxygens (including phenoxy) is 1. The van der Waals surface area contributed by atoms with E-state index in [4.69, 9.17) is 16.3 Å². The number of nitrogens with zero attached hydrogens (tertiary/aromatic N) is 4. The highest BCUT2D eigenvalue weighted by molar-refractivity contribution is 6.35. The predicted octanol–water partition coefficient (Wildman–Crippen LogP) is 6.19. The van der Waals surface area contributed by atoms with Crippen LogP contribution in [0.15, 0.2) is 54.6 Å². The number of aromatic nitrogens is 3. The summed E-state index contributed by atoms with van der Waals surface area (Å²) in [5, 5.41) is 18.7. The number of aryl methyl sites for hydroxylation is 2. The molecule has 0 fully saturated rings. The molecule has 7 nitrogen and oxygen atoms in total. The van der Waals surface area contributed by atoms with Crippen molar-refractivity contribution < 1.29 is 14.6 Å². The van der Waals surface area contributed by atoms with E-state index in [1.165, 1.54) is 0 Å². The maximum absolute atomic E-state index is 12.0. The first-order chi connectivity index (χ1) is 18.1. The fourth-order valence-corrected chi connectivity index (χ4v) is 5.76. The molecule has 0 spiro atoms. The summed E-state index contributed by atoms with van der Waals surface area (Å²) < 4.78 is 8.11. The summed E-state index contributed by atoms with van der Waals surface area (Å²) in [5.74, 6) is -0.370. The number of hydrogen-bond acceptors (Lipinski definition) is 5. The van der Waals surface area contributed by atoms with E-state index in [1.54, 1.807) is 4.68 Å². The van der Waals surface area contributed by atoms with Gasteiger partial charge in [0.05, 0.1) is 17.0 Å². The van der Waals surface area contributed by atoms with Gasteiger partial charge in [0.1, 0.15) is 16.9 Å². The maximum Gasteiger partial charge on any atom is 0.304 e. The van der Waals surface area contributed by atoms with Crippen LogP contribution in [0.1, 0.15) is 60.9 Å². The monoisotopic (exact) mass is 532 g/mol. The average Bonchev–Trinajstić information content (AvgIpc) is 3.23. The third-order valence-electron chi connectivity index (χ3n) is 7.24. The standard InChI is InChI=1S/C30H33ClN4O3/c1-5-35-25-13-12-23(28(31)29(25)32-33-35)24(15-27(36)37)20-11-10-19(2)22(14-20)17-34-16-21-8-6-7-9-26(21)38-30(3,4)18-34/h6-14,24H,5,15-18H2,1-4H3,(H,36,37)/t24-/m0/s1. The molecule has 0 bridgehead atoms. The van der Waals surface area contributed by atoms with Crippen molar-refractivity contribution in [1.29, 1.82) is 0 Å².